The zero-order valence-electron chi connectivity index (χ0n) is 22.3. The van der Waals surface area contributed by atoms with Crippen LogP contribution in [0.2, 0.25) is 0 Å². The van der Waals surface area contributed by atoms with E-state index in [4.69, 9.17) is 19.4 Å². The second kappa shape index (κ2) is 9.06. The second-order valence-electron chi connectivity index (χ2n) is 10.5. The van der Waals surface area contributed by atoms with Crippen LogP contribution in [0.3, 0.4) is 0 Å². The maximum atomic E-state index is 6.36. The minimum absolute atomic E-state index is 0.621. The lowest BCUT2D eigenvalue weighted by Crippen LogP contribution is -2.00. The molecule has 196 valence electrons. The Morgan fingerprint density at radius 1 is 0.452 bits per heavy atom. The molecule has 0 N–H and O–H groups in total. The van der Waals surface area contributed by atoms with E-state index in [0.29, 0.717) is 17.5 Å². The molecule has 3 aromatic heterocycles. The van der Waals surface area contributed by atoms with Crippen LogP contribution in [0.5, 0.6) is 0 Å². The molecule has 0 unspecified atom stereocenters. The average Bonchev–Trinajstić information content (AvgIpc) is 3.61. The van der Waals surface area contributed by atoms with Gasteiger partial charge in [0, 0.05) is 47.6 Å². The summed E-state index contributed by atoms with van der Waals surface area (Å²) in [5.74, 6) is 1.91. The molecule has 0 atom stereocenters. The molecular formula is C37H21N3OS. The molecule has 0 bridgehead atoms. The first kappa shape index (κ1) is 23.3. The highest BCUT2D eigenvalue weighted by molar-refractivity contribution is 7.25. The lowest BCUT2D eigenvalue weighted by molar-refractivity contribution is 0.669. The van der Waals surface area contributed by atoms with Crippen molar-refractivity contribution >= 4 is 64.2 Å². The molecule has 9 aromatic rings. The molecule has 0 aliphatic rings. The van der Waals surface area contributed by atoms with Crippen LogP contribution in [0.15, 0.2) is 132 Å². The van der Waals surface area contributed by atoms with Gasteiger partial charge in [-0.25, -0.2) is 15.0 Å². The third-order valence-corrected chi connectivity index (χ3v) is 9.06. The van der Waals surface area contributed by atoms with E-state index in [1.807, 2.05) is 42.5 Å². The number of furan rings is 1. The molecule has 4 nitrogen and oxygen atoms in total. The Morgan fingerprint density at radius 3 is 2.05 bits per heavy atom. The Bertz CT molecular complexity index is 2480. The van der Waals surface area contributed by atoms with Gasteiger partial charge in [-0.1, -0.05) is 84.9 Å². The summed E-state index contributed by atoms with van der Waals surface area (Å²) in [4.78, 5) is 15.1. The molecule has 0 spiro atoms. The predicted octanol–water partition coefficient (Wildman–Crippen LogP) is 10.3. The fourth-order valence-electron chi connectivity index (χ4n) is 5.90. The van der Waals surface area contributed by atoms with Gasteiger partial charge < -0.3 is 4.42 Å². The Balaban J connectivity index is 1.31. The van der Waals surface area contributed by atoms with Crippen molar-refractivity contribution in [3.8, 4) is 34.2 Å². The van der Waals surface area contributed by atoms with Crippen molar-refractivity contribution in [2.24, 2.45) is 0 Å². The first-order valence-electron chi connectivity index (χ1n) is 13.9. The van der Waals surface area contributed by atoms with Gasteiger partial charge in [0.2, 0.25) is 0 Å². The molecule has 0 aliphatic heterocycles. The third kappa shape index (κ3) is 3.64. The molecule has 9 rings (SSSR count). The summed E-state index contributed by atoms with van der Waals surface area (Å²) in [6.07, 6.45) is 0. The first-order chi connectivity index (χ1) is 20.8. The maximum Gasteiger partial charge on any atom is 0.164 e. The Labute approximate surface area is 244 Å². The van der Waals surface area contributed by atoms with E-state index in [9.17, 15) is 0 Å². The third-order valence-electron chi connectivity index (χ3n) is 7.91. The van der Waals surface area contributed by atoms with Crippen LogP contribution < -0.4 is 0 Å². The smallest absolute Gasteiger partial charge is 0.164 e. The average molecular weight is 556 g/mol. The number of benzene rings is 6. The highest BCUT2D eigenvalue weighted by Gasteiger charge is 2.18. The van der Waals surface area contributed by atoms with E-state index >= 15 is 0 Å². The number of fused-ring (bicyclic) bond motifs is 7. The van der Waals surface area contributed by atoms with E-state index in [2.05, 4.69) is 84.9 Å². The number of aromatic nitrogens is 3. The summed E-state index contributed by atoms with van der Waals surface area (Å²) in [7, 11) is 0. The number of nitrogens with zero attached hydrogens (tertiary/aromatic N) is 3. The summed E-state index contributed by atoms with van der Waals surface area (Å²) in [6, 6.07) is 43.9. The Morgan fingerprint density at radius 2 is 1.17 bits per heavy atom. The molecular weight excluding hydrogens is 534 g/mol. The molecule has 0 aliphatic carbocycles. The summed E-state index contributed by atoms with van der Waals surface area (Å²) in [5, 5.41) is 6.84. The SMILES string of the molecule is c1ccc(-c2nc(-c3ccc4sc5ccccc5c4c3)nc(-c3cccc4oc5cc6ccccc6cc5c34)n2)cc1. The maximum absolute atomic E-state index is 6.36. The fourth-order valence-corrected chi connectivity index (χ4v) is 6.99. The van der Waals surface area contributed by atoms with E-state index in [1.165, 1.54) is 25.6 Å². The van der Waals surface area contributed by atoms with Gasteiger partial charge in [0.15, 0.2) is 17.5 Å². The van der Waals surface area contributed by atoms with E-state index in [0.717, 1.165) is 44.0 Å². The van der Waals surface area contributed by atoms with Crippen LogP contribution in [-0.2, 0) is 0 Å². The highest BCUT2D eigenvalue weighted by atomic mass is 32.1. The number of hydrogen-bond acceptors (Lipinski definition) is 5. The summed E-state index contributed by atoms with van der Waals surface area (Å²) in [5.41, 5.74) is 4.49. The number of hydrogen-bond donors (Lipinski definition) is 0. The lowest BCUT2D eigenvalue weighted by Gasteiger charge is -2.09. The van der Waals surface area contributed by atoms with E-state index < -0.39 is 0 Å². The molecule has 42 heavy (non-hydrogen) atoms. The molecule has 0 saturated carbocycles. The van der Waals surface area contributed by atoms with Crippen molar-refractivity contribution in [3.05, 3.63) is 127 Å². The fraction of sp³-hybridized carbons (Fsp3) is 0. The molecule has 6 aromatic carbocycles. The molecule has 3 heterocycles. The molecule has 0 saturated heterocycles. The van der Waals surface area contributed by atoms with Crippen molar-refractivity contribution in [1.29, 1.82) is 0 Å². The van der Waals surface area contributed by atoms with Crippen molar-refractivity contribution in [3.63, 3.8) is 0 Å². The quantitative estimate of drug-likeness (QED) is 0.218. The van der Waals surface area contributed by atoms with Gasteiger partial charge in [-0.3, -0.25) is 0 Å². The molecule has 5 heteroatoms. The van der Waals surface area contributed by atoms with E-state index in [-0.39, 0.29) is 0 Å². The zero-order chi connectivity index (χ0) is 27.6. The lowest BCUT2D eigenvalue weighted by atomic mass is 10.0. The minimum atomic E-state index is 0.621. The van der Waals surface area contributed by atoms with Crippen molar-refractivity contribution in [1.82, 2.24) is 15.0 Å². The largest absolute Gasteiger partial charge is 0.456 e. The number of rotatable bonds is 3. The van der Waals surface area contributed by atoms with E-state index in [1.54, 1.807) is 11.3 Å². The first-order valence-corrected chi connectivity index (χ1v) is 14.7. The van der Waals surface area contributed by atoms with Crippen molar-refractivity contribution < 1.29 is 4.42 Å². The van der Waals surface area contributed by atoms with Crippen LogP contribution in [0.1, 0.15) is 0 Å². The van der Waals surface area contributed by atoms with Crippen LogP contribution in [0.4, 0.5) is 0 Å². The van der Waals surface area contributed by atoms with Gasteiger partial charge >= 0.3 is 0 Å². The molecule has 0 amide bonds. The van der Waals surface area contributed by atoms with Gasteiger partial charge in [0.25, 0.3) is 0 Å². The summed E-state index contributed by atoms with van der Waals surface area (Å²) in [6.45, 7) is 0. The van der Waals surface area contributed by atoms with Crippen LogP contribution >= 0.6 is 11.3 Å². The normalized spacial score (nSPS) is 11.8. The highest BCUT2D eigenvalue weighted by Crippen LogP contribution is 2.39. The molecule has 0 radical (unpaired) electrons. The topological polar surface area (TPSA) is 51.8 Å². The Hall–Kier alpha value is -5.39. The van der Waals surface area contributed by atoms with Gasteiger partial charge in [-0.2, -0.15) is 0 Å². The standard InChI is InChI=1S/C37H21N3OS/c1-2-9-22(10-3-1)35-38-36(25-17-18-33-28(20-25)26-13-6-7-16-32(26)42-33)40-37(39-35)27-14-8-15-30-34(27)29-19-23-11-4-5-12-24(23)21-31(29)41-30/h1-21H. The van der Waals surface area contributed by atoms with Crippen molar-refractivity contribution in [2.45, 2.75) is 0 Å². The summed E-state index contributed by atoms with van der Waals surface area (Å²) >= 11 is 1.81. The van der Waals surface area contributed by atoms with Crippen LogP contribution in [0.25, 0.3) is 87.0 Å². The van der Waals surface area contributed by atoms with Crippen LogP contribution in [0, 0.1) is 0 Å². The van der Waals surface area contributed by atoms with Crippen molar-refractivity contribution in [2.75, 3.05) is 0 Å². The van der Waals surface area contributed by atoms with Crippen LogP contribution in [-0.4, -0.2) is 15.0 Å². The van der Waals surface area contributed by atoms with Gasteiger partial charge in [0.05, 0.1) is 0 Å². The van der Waals surface area contributed by atoms with Gasteiger partial charge in [-0.15, -0.1) is 11.3 Å². The number of thiophene rings is 1. The zero-order valence-corrected chi connectivity index (χ0v) is 23.1. The molecule has 0 fully saturated rings. The minimum Gasteiger partial charge on any atom is -0.456 e. The second-order valence-corrected chi connectivity index (χ2v) is 11.5. The summed E-state index contributed by atoms with van der Waals surface area (Å²) < 4.78 is 8.89. The monoisotopic (exact) mass is 555 g/mol. The Kier molecular flexibility index (Phi) is 5.03. The van der Waals surface area contributed by atoms with Gasteiger partial charge in [-0.05, 0) is 53.2 Å². The predicted molar refractivity (Wildman–Crippen MR) is 174 cm³/mol. The van der Waals surface area contributed by atoms with Gasteiger partial charge in [0.1, 0.15) is 11.2 Å².